The summed E-state index contributed by atoms with van der Waals surface area (Å²) >= 11 is 0. The molecule has 2 rings (SSSR count). The minimum atomic E-state index is 0.167. The third-order valence-electron chi connectivity index (χ3n) is 3.13. The van der Waals surface area contributed by atoms with Crippen LogP contribution in [0.1, 0.15) is 18.3 Å². The molecule has 16 heavy (non-hydrogen) atoms. The van der Waals surface area contributed by atoms with Crippen LogP contribution in [0.5, 0.6) is 0 Å². The van der Waals surface area contributed by atoms with Crippen molar-refractivity contribution in [2.45, 2.75) is 20.8 Å². The van der Waals surface area contributed by atoms with Gasteiger partial charge in [-0.2, -0.15) is 5.10 Å². The highest BCUT2D eigenvalue weighted by molar-refractivity contribution is 5.73. The molecule has 5 heteroatoms. The van der Waals surface area contributed by atoms with Gasteiger partial charge in [-0.15, -0.1) is 0 Å². The van der Waals surface area contributed by atoms with Crippen LogP contribution in [0.15, 0.2) is 0 Å². The number of carbonyl (C=O) groups is 1. The van der Waals surface area contributed by atoms with Crippen LogP contribution in [0, 0.1) is 13.8 Å². The second-order valence-corrected chi connectivity index (χ2v) is 4.28. The molecule has 1 fully saturated rings. The lowest BCUT2D eigenvalue weighted by molar-refractivity contribution is -0.129. The number of H-pyrrole nitrogens is 1. The largest absolute Gasteiger partial charge is 0.365 e. The SMILES string of the molecule is CC(=O)N1CCN(c2c(C)n[nH]c2C)CC1. The van der Waals surface area contributed by atoms with E-state index in [9.17, 15) is 4.79 Å². The van der Waals surface area contributed by atoms with Gasteiger partial charge in [0.2, 0.25) is 5.91 Å². The fourth-order valence-electron chi connectivity index (χ4n) is 2.26. The highest BCUT2D eigenvalue weighted by atomic mass is 16.2. The van der Waals surface area contributed by atoms with Crippen molar-refractivity contribution in [3.8, 4) is 0 Å². The summed E-state index contributed by atoms with van der Waals surface area (Å²) in [7, 11) is 0. The Bertz CT molecular complexity index is 371. The molecule has 88 valence electrons. The third-order valence-corrected chi connectivity index (χ3v) is 3.13. The van der Waals surface area contributed by atoms with Crippen LogP contribution in [0.3, 0.4) is 0 Å². The van der Waals surface area contributed by atoms with Gasteiger partial charge in [0.1, 0.15) is 0 Å². The first-order valence-corrected chi connectivity index (χ1v) is 5.61. The molecule has 0 radical (unpaired) electrons. The number of piperazine rings is 1. The first-order chi connectivity index (χ1) is 7.59. The molecule has 0 saturated carbocycles. The van der Waals surface area contributed by atoms with Crippen molar-refractivity contribution in [3.63, 3.8) is 0 Å². The average molecular weight is 222 g/mol. The average Bonchev–Trinajstić information content (AvgIpc) is 2.59. The summed E-state index contributed by atoms with van der Waals surface area (Å²) in [5, 5.41) is 7.19. The minimum absolute atomic E-state index is 0.167. The zero-order valence-electron chi connectivity index (χ0n) is 10.1. The van der Waals surface area contributed by atoms with Gasteiger partial charge in [-0.05, 0) is 13.8 Å². The molecule has 1 saturated heterocycles. The van der Waals surface area contributed by atoms with Crippen molar-refractivity contribution >= 4 is 11.6 Å². The maximum absolute atomic E-state index is 11.2. The molecule has 0 unspecified atom stereocenters. The van der Waals surface area contributed by atoms with Crippen LogP contribution in [0.25, 0.3) is 0 Å². The molecule has 0 aromatic carbocycles. The summed E-state index contributed by atoms with van der Waals surface area (Å²) in [6.45, 7) is 9.06. The molecule has 0 spiro atoms. The topological polar surface area (TPSA) is 52.2 Å². The van der Waals surface area contributed by atoms with Crippen molar-refractivity contribution < 1.29 is 4.79 Å². The Morgan fingerprint density at radius 2 is 1.88 bits per heavy atom. The van der Waals surface area contributed by atoms with E-state index in [2.05, 4.69) is 15.1 Å². The highest BCUT2D eigenvalue weighted by Crippen LogP contribution is 2.23. The van der Waals surface area contributed by atoms with E-state index >= 15 is 0 Å². The van der Waals surface area contributed by atoms with Crippen LogP contribution in [0.2, 0.25) is 0 Å². The number of aromatic amines is 1. The molecule has 1 aromatic rings. The second-order valence-electron chi connectivity index (χ2n) is 4.28. The standard InChI is InChI=1S/C11H18N4O/c1-8-11(9(2)13-12-8)15-6-4-14(5-7-15)10(3)16/h4-7H2,1-3H3,(H,12,13). The van der Waals surface area contributed by atoms with E-state index in [1.54, 1.807) is 6.92 Å². The Labute approximate surface area is 95.4 Å². The van der Waals surface area contributed by atoms with E-state index in [0.717, 1.165) is 37.6 Å². The van der Waals surface area contributed by atoms with Crippen LogP contribution in [0.4, 0.5) is 5.69 Å². The normalized spacial score (nSPS) is 16.7. The Hall–Kier alpha value is -1.52. The Kier molecular flexibility index (Phi) is 2.85. The maximum atomic E-state index is 11.2. The Balaban J connectivity index is 2.07. The van der Waals surface area contributed by atoms with Crippen molar-refractivity contribution in [1.82, 2.24) is 15.1 Å². The molecule has 1 amide bonds. The summed E-state index contributed by atoms with van der Waals surface area (Å²) in [5.74, 6) is 0.167. The molecule has 2 heterocycles. The maximum Gasteiger partial charge on any atom is 0.219 e. The fraction of sp³-hybridized carbons (Fsp3) is 0.636. The first kappa shape index (κ1) is 11.0. The highest BCUT2D eigenvalue weighted by Gasteiger charge is 2.22. The molecule has 0 aliphatic carbocycles. The number of aromatic nitrogens is 2. The fourth-order valence-corrected chi connectivity index (χ4v) is 2.26. The van der Waals surface area contributed by atoms with Gasteiger partial charge in [-0.25, -0.2) is 0 Å². The molecular weight excluding hydrogens is 204 g/mol. The van der Waals surface area contributed by atoms with E-state index in [1.165, 1.54) is 5.69 Å². The summed E-state index contributed by atoms with van der Waals surface area (Å²) < 4.78 is 0. The second kappa shape index (κ2) is 4.15. The number of anilines is 1. The minimum Gasteiger partial charge on any atom is -0.365 e. The van der Waals surface area contributed by atoms with Crippen molar-refractivity contribution in [2.75, 3.05) is 31.1 Å². The van der Waals surface area contributed by atoms with E-state index in [-0.39, 0.29) is 5.91 Å². The van der Waals surface area contributed by atoms with Gasteiger partial charge < -0.3 is 9.80 Å². The predicted octanol–water partition coefficient (Wildman–Crippen LogP) is 0.695. The number of hydrogen-bond acceptors (Lipinski definition) is 3. The lowest BCUT2D eigenvalue weighted by Gasteiger charge is -2.35. The molecular formula is C11H18N4O. The van der Waals surface area contributed by atoms with E-state index in [1.807, 2.05) is 18.7 Å². The summed E-state index contributed by atoms with van der Waals surface area (Å²) in [5.41, 5.74) is 3.34. The van der Waals surface area contributed by atoms with Crippen LogP contribution in [-0.4, -0.2) is 47.2 Å². The smallest absolute Gasteiger partial charge is 0.219 e. The van der Waals surface area contributed by atoms with Gasteiger partial charge >= 0.3 is 0 Å². The molecule has 1 aliphatic heterocycles. The van der Waals surface area contributed by atoms with E-state index < -0.39 is 0 Å². The van der Waals surface area contributed by atoms with E-state index in [4.69, 9.17) is 0 Å². The molecule has 0 atom stereocenters. The number of hydrogen-bond donors (Lipinski definition) is 1. The van der Waals surface area contributed by atoms with Gasteiger partial charge in [0, 0.05) is 33.1 Å². The van der Waals surface area contributed by atoms with Gasteiger partial charge in [0.05, 0.1) is 17.1 Å². The van der Waals surface area contributed by atoms with Gasteiger partial charge in [-0.1, -0.05) is 0 Å². The molecule has 5 nitrogen and oxygen atoms in total. The van der Waals surface area contributed by atoms with Crippen LogP contribution in [-0.2, 0) is 4.79 Å². The summed E-state index contributed by atoms with van der Waals surface area (Å²) in [4.78, 5) is 15.4. The lowest BCUT2D eigenvalue weighted by Crippen LogP contribution is -2.48. The third kappa shape index (κ3) is 1.89. The van der Waals surface area contributed by atoms with Gasteiger partial charge in [-0.3, -0.25) is 9.89 Å². The number of aryl methyl sites for hydroxylation is 2. The van der Waals surface area contributed by atoms with Gasteiger partial charge in [0.25, 0.3) is 0 Å². The number of rotatable bonds is 1. The number of nitrogens with one attached hydrogen (secondary N) is 1. The number of nitrogens with zero attached hydrogens (tertiary/aromatic N) is 3. The number of carbonyl (C=O) groups excluding carboxylic acids is 1. The quantitative estimate of drug-likeness (QED) is 0.761. The van der Waals surface area contributed by atoms with Crippen LogP contribution < -0.4 is 4.90 Å². The zero-order valence-corrected chi connectivity index (χ0v) is 10.1. The predicted molar refractivity (Wildman–Crippen MR) is 62.5 cm³/mol. The van der Waals surface area contributed by atoms with E-state index in [0.29, 0.717) is 0 Å². The molecule has 0 bridgehead atoms. The summed E-state index contributed by atoms with van der Waals surface area (Å²) in [6, 6.07) is 0. The van der Waals surface area contributed by atoms with Crippen molar-refractivity contribution in [2.24, 2.45) is 0 Å². The summed E-state index contributed by atoms with van der Waals surface area (Å²) in [6.07, 6.45) is 0. The molecule has 1 aliphatic rings. The van der Waals surface area contributed by atoms with Gasteiger partial charge in [0.15, 0.2) is 0 Å². The molecule has 1 aromatic heterocycles. The first-order valence-electron chi connectivity index (χ1n) is 5.61. The molecule has 1 N–H and O–H groups in total. The van der Waals surface area contributed by atoms with Crippen LogP contribution >= 0.6 is 0 Å². The monoisotopic (exact) mass is 222 g/mol. The Morgan fingerprint density at radius 1 is 1.25 bits per heavy atom. The zero-order chi connectivity index (χ0) is 11.7. The number of amides is 1. The van der Waals surface area contributed by atoms with Crippen molar-refractivity contribution in [3.05, 3.63) is 11.4 Å². The Morgan fingerprint density at radius 3 is 2.31 bits per heavy atom. The lowest BCUT2D eigenvalue weighted by atomic mass is 10.2. The van der Waals surface area contributed by atoms with Crippen molar-refractivity contribution in [1.29, 1.82) is 0 Å².